The molecule has 2 atom stereocenters. The molecule has 2 heterocycles. The van der Waals surface area contributed by atoms with Crippen LogP contribution in [0.4, 0.5) is 4.79 Å². The Kier molecular flexibility index (Phi) is 5.29. The minimum Gasteiger partial charge on any atom is -0.393 e. The molecule has 0 radical (unpaired) electrons. The molecule has 1 aromatic heterocycles. The molecule has 1 aromatic rings. The van der Waals surface area contributed by atoms with Crippen molar-refractivity contribution < 1.29 is 9.90 Å². The van der Waals surface area contributed by atoms with Gasteiger partial charge in [0.25, 0.3) is 0 Å². The van der Waals surface area contributed by atoms with E-state index in [4.69, 9.17) is 11.6 Å². The van der Waals surface area contributed by atoms with Gasteiger partial charge < -0.3 is 15.3 Å². The van der Waals surface area contributed by atoms with E-state index in [-0.39, 0.29) is 18.2 Å². The van der Waals surface area contributed by atoms with Crippen LogP contribution >= 0.6 is 22.9 Å². The molecule has 1 fully saturated rings. The molecule has 0 saturated carbocycles. The molecule has 20 heavy (non-hydrogen) atoms. The zero-order chi connectivity index (χ0) is 14.7. The summed E-state index contributed by atoms with van der Waals surface area (Å²) < 4.78 is 0.735. The van der Waals surface area contributed by atoms with Crippen molar-refractivity contribution in [1.82, 2.24) is 10.2 Å². The van der Waals surface area contributed by atoms with E-state index in [0.717, 1.165) is 22.1 Å². The molecule has 6 heteroatoms. The van der Waals surface area contributed by atoms with Gasteiger partial charge in [0.05, 0.1) is 16.5 Å². The standard InChI is InChI=1S/C14H21ClN2O2S/c1-9(12-3-4-13(15)20-12)16-14(19)17-7-5-11(6-8-17)10(2)18/h3-4,9-11,18H,5-8H2,1-2H3,(H,16,19). The normalized spacial score (nSPS) is 19.7. The van der Waals surface area contributed by atoms with Crippen molar-refractivity contribution in [2.24, 2.45) is 5.92 Å². The first kappa shape index (κ1) is 15.6. The number of amides is 2. The van der Waals surface area contributed by atoms with Gasteiger partial charge in [0.1, 0.15) is 0 Å². The highest BCUT2D eigenvalue weighted by atomic mass is 35.5. The number of aliphatic hydroxyl groups is 1. The molecular formula is C14H21ClN2O2S. The second-order valence-electron chi connectivity index (χ2n) is 5.38. The number of likely N-dealkylation sites (tertiary alicyclic amines) is 1. The quantitative estimate of drug-likeness (QED) is 0.899. The predicted molar refractivity (Wildman–Crippen MR) is 82.3 cm³/mol. The van der Waals surface area contributed by atoms with Gasteiger partial charge in [-0.05, 0) is 44.7 Å². The number of carbonyl (C=O) groups excluding carboxylic acids is 1. The number of urea groups is 1. The van der Waals surface area contributed by atoms with Crippen molar-refractivity contribution >= 4 is 29.0 Å². The number of thiophene rings is 1. The van der Waals surface area contributed by atoms with Gasteiger partial charge in [0, 0.05) is 18.0 Å². The Morgan fingerprint density at radius 3 is 2.60 bits per heavy atom. The van der Waals surface area contributed by atoms with Gasteiger partial charge in [0.15, 0.2) is 0 Å². The van der Waals surface area contributed by atoms with Crippen LogP contribution in [0, 0.1) is 5.92 Å². The zero-order valence-corrected chi connectivity index (χ0v) is 13.4. The molecule has 0 spiro atoms. The lowest BCUT2D eigenvalue weighted by Gasteiger charge is -2.33. The summed E-state index contributed by atoms with van der Waals surface area (Å²) in [6.45, 7) is 5.20. The Labute approximate surface area is 128 Å². The number of carbonyl (C=O) groups is 1. The molecule has 1 aliphatic heterocycles. The lowest BCUT2D eigenvalue weighted by molar-refractivity contribution is 0.0794. The maximum Gasteiger partial charge on any atom is 0.317 e. The lowest BCUT2D eigenvalue weighted by atomic mass is 9.92. The van der Waals surface area contributed by atoms with Crippen LogP contribution in [0.15, 0.2) is 12.1 Å². The monoisotopic (exact) mass is 316 g/mol. The van der Waals surface area contributed by atoms with Gasteiger partial charge >= 0.3 is 6.03 Å². The van der Waals surface area contributed by atoms with Gasteiger partial charge in [-0.15, -0.1) is 11.3 Å². The van der Waals surface area contributed by atoms with Gasteiger partial charge in [-0.3, -0.25) is 0 Å². The van der Waals surface area contributed by atoms with Gasteiger partial charge in [0.2, 0.25) is 0 Å². The van der Waals surface area contributed by atoms with Crippen LogP contribution in [0.3, 0.4) is 0 Å². The fourth-order valence-corrected chi connectivity index (χ4v) is 3.56. The summed E-state index contributed by atoms with van der Waals surface area (Å²) in [7, 11) is 0. The van der Waals surface area contributed by atoms with Crippen LogP contribution in [0.5, 0.6) is 0 Å². The molecule has 0 aromatic carbocycles. The number of rotatable bonds is 3. The molecule has 1 aliphatic rings. The first-order valence-corrected chi connectivity index (χ1v) is 8.15. The maximum atomic E-state index is 12.2. The Hall–Kier alpha value is -0.780. The molecule has 2 unspecified atom stereocenters. The highest BCUT2D eigenvalue weighted by Crippen LogP contribution is 2.27. The minimum atomic E-state index is -0.285. The largest absolute Gasteiger partial charge is 0.393 e. The fourth-order valence-electron chi connectivity index (χ4n) is 2.49. The van der Waals surface area contributed by atoms with Crippen molar-refractivity contribution in [3.05, 3.63) is 21.3 Å². The SMILES string of the molecule is CC(NC(=O)N1CCC(C(C)O)CC1)c1ccc(Cl)s1. The van der Waals surface area contributed by atoms with E-state index >= 15 is 0 Å². The van der Waals surface area contributed by atoms with Crippen LogP contribution in [0.2, 0.25) is 4.34 Å². The number of hydrogen-bond acceptors (Lipinski definition) is 3. The van der Waals surface area contributed by atoms with E-state index in [1.165, 1.54) is 11.3 Å². The summed E-state index contributed by atoms with van der Waals surface area (Å²) in [6, 6.07) is 3.72. The fraction of sp³-hybridized carbons (Fsp3) is 0.643. The zero-order valence-electron chi connectivity index (χ0n) is 11.8. The van der Waals surface area contributed by atoms with Crippen molar-refractivity contribution in [1.29, 1.82) is 0 Å². The smallest absolute Gasteiger partial charge is 0.317 e. The summed E-state index contributed by atoms with van der Waals surface area (Å²) >= 11 is 7.40. The molecule has 4 nitrogen and oxygen atoms in total. The third-order valence-electron chi connectivity index (χ3n) is 3.87. The Balaban J connectivity index is 1.84. The molecule has 2 amide bonds. The Bertz CT molecular complexity index is 456. The van der Waals surface area contributed by atoms with Crippen molar-refractivity contribution in [2.75, 3.05) is 13.1 Å². The summed E-state index contributed by atoms with van der Waals surface area (Å²) in [5.74, 6) is 0.313. The van der Waals surface area contributed by atoms with Gasteiger partial charge in [-0.2, -0.15) is 0 Å². The molecule has 1 saturated heterocycles. The number of nitrogens with zero attached hydrogens (tertiary/aromatic N) is 1. The number of halogens is 1. The molecule has 0 aliphatic carbocycles. The van der Waals surface area contributed by atoms with Crippen LogP contribution in [0.1, 0.15) is 37.6 Å². The lowest BCUT2D eigenvalue weighted by Crippen LogP contribution is -2.46. The summed E-state index contributed by atoms with van der Waals surface area (Å²) in [5.41, 5.74) is 0. The Morgan fingerprint density at radius 1 is 1.45 bits per heavy atom. The van der Waals surface area contributed by atoms with E-state index in [0.29, 0.717) is 19.0 Å². The number of nitrogens with one attached hydrogen (secondary N) is 1. The van der Waals surface area contributed by atoms with E-state index in [9.17, 15) is 9.90 Å². The van der Waals surface area contributed by atoms with Crippen LogP contribution < -0.4 is 5.32 Å². The topological polar surface area (TPSA) is 52.6 Å². The van der Waals surface area contributed by atoms with E-state index < -0.39 is 0 Å². The predicted octanol–water partition coefficient (Wildman–Crippen LogP) is 3.26. The highest BCUT2D eigenvalue weighted by molar-refractivity contribution is 7.16. The molecule has 2 N–H and O–H groups in total. The molecular weight excluding hydrogens is 296 g/mol. The summed E-state index contributed by atoms with van der Waals surface area (Å²) in [4.78, 5) is 15.1. The number of aliphatic hydroxyl groups excluding tert-OH is 1. The Morgan fingerprint density at radius 2 is 2.10 bits per heavy atom. The highest BCUT2D eigenvalue weighted by Gasteiger charge is 2.26. The van der Waals surface area contributed by atoms with Crippen LogP contribution in [-0.4, -0.2) is 35.2 Å². The average Bonchev–Trinajstić information content (AvgIpc) is 2.85. The summed E-state index contributed by atoms with van der Waals surface area (Å²) in [6.07, 6.45) is 1.45. The van der Waals surface area contributed by atoms with Crippen LogP contribution in [0.25, 0.3) is 0 Å². The second kappa shape index (κ2) is 6.78. The van der Waals surface area contributed by atoms with Crippen molar-refractivity contribution in [3.63, 3.8) is 0 Å². The average molecular weight is 317 g/mol. The van der Waals surface area contributed by atoms with E-state index in [2.05, 4.69) is 5.32 Å². The third kappa shape index (κ3) is 3.87. The van der Waals surface area contributed by atoms with E-state index in [1.807, 2.05) is 30.9 Å². The number of hydrogen-bond donors (Lipinski definition) is 2. The van der Waals surface area contributed by atoms with Crippen molar-refractivity contribution in [3.8, 4) is 0 Å². The molecule has 2 rings (SSSR count). The minimum absolute atomic E-state index is 0.0329. The summed E-state index contributed by atoms with van der Waals surface area (Å²) in [5, 5.41) is 12.6. The molecule has 112 valence electrons. The van der Waals surface area contributed by atoms with Crippen molar-refractivity contribution in [2.45, 2.75) is 38.8 Å². The first-order valence-electron chi connectivity index (χ1n) is 6.96. The maximum absolute atomic E-state index is 12.2. The second-order valence-corrected chi connectivity index (χ2v) is 7.12. The molecule has 0 bridgehead atoms. The van der Waals surface area contributed by atoms with Crippen LogP contribution in [-0.2, 0) is 0 Å². The van der Waals surface area contributed by atoms with Gasteiger partial charge in [-0.1, -0.05) is 11.6 Å². The van der Waals surface area contributed by atoms with Gasteiger partial charge in [-0.25, -0.2) is 4.79 Å². The van der Waals surface area contributed by atoms with E-state index in [1.54, 1.807) is 0 Å². The first-order chi connectivity index (χ1) is 9.47. The number of piperidine rings is 1. The third-order valence-corrected chi connectivity index (χ3v) is 5.28.